The van der Waals surface area contributed by atoms with Crippen molar-refractivity contribution in [1.29, 1.82) is 0 Å². The zero-order valence-electron chi connectivity index (χ0n) is 23.8. The first kappa shape index (κ1) is 29.5. The van der Waals surface area contributed by atoms with Gasteiger partial charge in [0.2, 0.25) is 0 Å². The van der Waals surface area contributed by atoms with Crippen LogP contribution in [0.4, 0.5) is 0 Å². The Kier molecular flexibility index (Phi) is 7.20. The van der Waals surface area contributed by atoms with Gasteiger partial charge in [0.05, 0.1) is 32.1 Å². The van der Waals surface area contributed by atoms with Crippen LogP contribution in [0.3, 0.4) is 0 Å². The van der Waals surface area contributed by atoms with E-state index in [1.54, 1.807) is 12.1 Å². The van der Waals surface area contributed by atoms with Gasteiger partial charge in [0.15, 0.2) is 5.60 Å². The van der Waals surface area contributed by atoms with Gasteiger partial charge in [-0.1, -0.05) is 102 Å². The number of rotatable bonds is 5. The summed E-state index contributed by atoms with van der Waals surface area (Å²) in [7, 11) is 0. The Morgan fingerprint density at radius 2 is 1.49 bits per heavy atom. The van der Waals surface area contributed by atoms with Crippen molar-refractivity contribution < 1.29 is 29.3 Å². The predicted molar refractivity (Wildman–Crippen MR) is 173 cm³/mol. The molecule has 1 spiro atoms. The maximum absolute atomic E-state index is 13.7. The molecule has 1 aliphatic carbocycles. The number of hydrogen-bond donors (Lipinski definition) is 2. The van der Waals surface area contributed by atoms with Crippen molar-refractivity contribution in [2.24, 2.45) is 5.92 Å². The van der Waals surface area contributed by atoms with E-state index < -0.39 is 23.6 Å². The van der Waals surface area contributed by atoms with E-state index in [-0.39, 0.29) is 56.5 Å². The molecule has 6 nitrogen and oxygen atoms in total. The molecule has 0 aromatic heterocycles. The van der Waals surface area contributed by atoms with Crippen molar-refractivity contribution >= 4 is 52.1 Å². The number of allylic oxidation sites excluding steroid dienone is 1. The van der Waals surface area contributed by atoms with E-state index in [0.29, 0.717) is 39.0 Å². The monoisotopic (exact) mass is 658 g/mol. The molecule has 0 radical (unpaired) electrons. The summed E-state index contributed by atoms with van der Waals surface area (Å²) in [6.45, 7) is 1.49. The molecule has 0 saturated heterocycles. The number of benzene rings is 4. The normalized spacial score (nSPS) is 21.4. The third-order valence-electron chi connectivity index (χ3n) is 8.70. The number of carbonyl (C=O) groups is 2. The topological polar surface area (TPSA) is 93.1 Å². The molecule has 3 aliphatic rings. The summed E-state index contributed by atoms with van der Waals surface area (Å²) in [5.41, 5.74) is 2.05. The van der Waals surface area contributed by atoms with E-state index in [1.165, 1.54) is 13.0 Å². The Labute approximate surface area is 274 Å². The Hall–Kier alpha value is -4.23. The number of ether oxygens (including phenoxy) is 2. The number of phenolic OH excluding ortho intramolecular Hbond substituents is 1. The number of hydrogen-bond acceptors (Lipinski definition) is 6. The lowest BCUT2D eigenvalue weighted by molar-refractivity contribution is -0.116. The lowest BCUT2D eigenvalue weighted by Crippen LogP contribution is -2.50. The highest BCUT2D eigenvalue weighted by atomic mass is 35.5. The fourth-order valence-corrected chi connectivity index (χ4v) is 7.22. The molecule has 3 unspecified atom stereocenters. The molecule has 226 valence electrons. The van der Waals surface area contributed by atoms with Crippen molar-refractivity contribution in [2.45, 2.75) is 31.5 Å². The van der Waals surface area contributed by atoms with Gasteiger partial charge in [-0.2, -0.15) is 0 Å². The number of phenols is 1. The van der Waals surface area contributed by atoms with Crippen LogP contribution in [0.5, 0.6) is 11.5 Å². The van der Waals surface area contributed by atoms with Crippen molar-refractivity contribution in [3.8, 4) is 22.6 Å². The molecule has 0 amide bonds. The summed E-state index contributed by atoms with van der Waals surface area (Å²) >= 11 is 19.7. The summed E-state index contributed by atoms with van der Waals surface area (Å²) < 4.78 is 13.3. The number of aromatic hydroxyl groups is 1. The first-order valence-electron chi connectivity index (χ1n) is 14.3. The molecular formula is C36H25Cl3O6. The van der Waals surface area contributed by atoms with Crippen molar-refractivity contribution in [3.05, 3.63) is 134 Å². The van der Waals surface area contributed by atoms with Crippen molar-refractivity contribution in [2.75, 3.05) is 0 Å². The zero-order chi connectivity index (χ0) is 31.6. The van der Waals surface area contributed by atoms with Crippen LogP contribution in [0.25, 0.3) is 16.7 Å². The third-order valence-corrected chi connectivity index (χ3v) is 9.71. The van der Waals surface area contributed by atoms with Crippen molar-refractivity contribution in [1.82, 2.24) is 0 Å². The number of carbonyl (C=O) groups excluding carboxylic acids is 2. The van der Waals surface area contributed by atoms with Gasteiger partial charge in [0, 0.05) is 23.1 Å². The van der Waals surface area contributed by atoms with E-state index in [9.17, 15) is 19.8 Å². The fraction of sp³-hybridized carbons (Fsp3) is 0.167. The lowest BCUT2D eigenvalue weighted by Gasteiger charge is -2.48. The Bertz CT molecular complexity index is 1970. The molecular weight excluding hydrogens is 635 g/mol. The summed E-state index contributed by atoms with van der Waals surface area (Å²) in [5.74, 6) is -1.43. The van der Waals surface area contributed by atoms with E-state index in [2.05, 4.69) is 0 Å². The van der Waals surface area contributed by atoms with E-state index >= 15 is 0 Å². The maximum atomic E-state index is 13.7. The lowest BCUT2D eigenvalue weighted by atomic mass is 9.66. The minimum absolute atomic E-state index is 0.0249. The number of Topliss-reactive ketones (excluding diaryl/α,β-unsaturated/α-hetero) is 1. The van der Waals surface area contributed by atoms with Gasteiger partial charge < -0.3 is 24.5 Å². The van der Waals surface area contributed by atoms with E-state index in [0.717, 1.165) is 0 Å². The Balaban J connectivity index is 1.60. The summed E-state index contributed by atoms with van der Waals surface area (Å²) in [6.07, 6.45) is 1.33. The van der Waals surface area contributed by atoms with Gasteiger partial charge in [0.25, 0.3) is 0 Å². The SMILES string of the molecule is CC(=O)CCC1=CC2C(Oc3c(cc(Cl)c(O)c3-c3ccccc3)C23OC(=O)c2cc(Cl)c(Cl)cc23)C(c2ccccc2)=C1O. The average molecular weight is 660 g/mol. The van der Waals surface area contributed by atoms with Crippen LogP contribution in [-0.2, 0) is 15.1 Å². The Morgan fingerprint density at radius 3 is 2.16 bits per heavy atom. The van der Waals surface area contributed by atoms with Crippen LogP contribution in [0, 0.1) is 5.92 Å². The molecule has 2 heterocycles. The van der Waals surface area contributed by atoms with Gasteiger partial charge in [-0.15, -0.1) is 0 Å². The zero-order valence-corrected chi connectivity index (χ0v) is 26.1. The molecule has 9 heteroatoms. The molecule has 4 aromatic rings. The Morgan fingerprint density at radius 1 is 0.867 bits per heavy atom. The maximum Gasteiger partial charge on any atom is 0.339 e. The number of halogens is 3. The quantitative estimate of drug-likeness (QED) is 0.208. The average Bonchev–Trinajstić information content (AvgIpc) is 3.29. The van der Waals surface area contributed by atoms with Crippen LogP contribution in [0.1, 0.15) is 46.8 Å². The van der Waals surface area contributed by atoms with Gasteiger partial charge in [-0.25, -0.2) is 4.79 Å². The van der Waals surface area contributed by atoms with Crippen molar-refractivity contribution in [3.63, 3.8) is 0 Å². The smallest absolute Gasteiger partial charge is 0.339 e. The standard InChI is InChI=1S/C36H25Cl3O6/c1-18(40)12-13-21-14-24-33(29(31(21)41)19-8-4-2-5-9-19)44-34-25(17-28(39)32(42)30(34)20-10-6-3-7-11-20)36(24)23-16-27(38)26(37)15-22(23)35(43)45-36/h2-11,14-17,24,33,41-42H,12-13H2,1H3. The third kappa shape index (κ3) is 4.54. The molecule has 4 aromatic carbocycles. The summed E-state index contributed by atoms with van der Waals surface area (Å²) in [5, 5.41) is 23.6. The van der Waals surface area contributed by atoms with E-state index in [4.69, 9.17) is 44.3 Å². The second-order valence-electron chi connectivity index (χ2n) is 11.3. The van der Waals surface area contributed by atoms with Crippen LogP contribution >= 0.6 is 34.8 Å². The largest absolute Gasteiger partial charge is 0.507 e. The highest BCUT2D eigenvalue weighted by Crippen LogP contribution is 2.62. The van der Waals surface area contributed by atoms with Gasteiger partial charge in [0.1, 0.15) is 29.1 Å². The van der Waals surface area contributed by atoms with E-state index in [1.807, 2.05) is 66.7 Å². The van der Waals surface area contributed by atoms with Crippen LogP contribution in [-0.4, -0.2) is 28.1 Å². The number of ketones is 1. The summed E-state index contributed by atoms with van der Waals surface area (Å²) in [4.78, 5) is 25.8. The second kappa shape index (κ2) is 11.0. The number of aliphatic hydroxyl groups excluding tert-OH is 1. The molecule has 0 bridgehead atoms. The first-order chi connectivity index (χ1) is 21.6. The van der Waals surface area contributed by atoms with Crippen LogP contribution in [0.15, 0.2) is 96.3 Å². The highest BCUT2D eigenvalue weighted by molar-refractivity contribution is 6.42. The van der Waals surface area contributed by atoms with Crippen LogP contribution < -0.4 is 4.74 Å². The molecule has 2 N–H and O–H groups in total. The highest BCUT2D eigenvalue weighted by Gasteiger charge is 2.61. The molecule has 2 aliphatic heterocycles. The minimum atomic E-state index is -1.57. The fourth-order valence-electron chi connectivity index (χ4n) is 6.69. The number of aliphatic hydroxyl groups is 1. The second-order valence-corrected chi connectivity index (χ2v) is 12.6. The summed E-state index contributed by atoms with van der Waals surface area (Å²) in [6, 6.07) is 23.0. The van der Waals surface area contributed by atoms with Gasteiger partial charge in [-0.3, -0.25) is 0 Å². The van der Waals surface area contributed by atoms with Crippen LogP contribution in [0.2, 0.25) is 15.1 Å². The predicted octanol–water partition coefficient (Wildman–Crippen LogP) is 9.09. The molecule has 3 atom stereocenters. The molecule has 7 rings (SSSR count). The first-order valence-corrected chi connectivity index (χ1v) is 15.4. The number of fused-ring (bicyclic) bond motifs is 6. The number of esters is 1. The van der Waals surface area contributed by atoms with Gasteiger partial charge in [-0.05, 0) is 48.2 Å². The van der Waals surface area contributed by atoms with Gasteiger partial charge >= 0.3 is 5.97 Å². The molecule has 45 heavy (non-hydrogen) atoms. The molecule has 0 fully saturated rings. The minimum Gasteiger partial charge on any atom is -0.507 e. The molecule has 0 saturated carbocycles.